The van der Waals surface area contributed by atoms with Gasteiger partial charge in [-0.1, -0.05) is 6.92 Å². The van der Waals surface area contributed by atoms with Crippen LogP contribution in [-0.4, -0.2) is 30.4 Å². The van der Waals surface area contributed by atoms with Gasteiger partial charge in [0.05, 0.1) is 0 Å². The molecule has 0 aromatic heterocycles. The zero-order chi connectivity index (χ0) is 8.97. The number of likely N-dealkylation sites (tertiary alicyclic amines) is 1. The number of carbonyl (C=O) groups is 1. The lowest BCUT2D eigenvalue weighted by molar-refractivity contribution is -0.121. The van der Waals surface area contributed by atoms with Gasteiger partial charge in [0.15, 0.2) is 0 Å². The number of halogens is 1. The lowest BCUT2D eigenvalue weighted by atomic mass is 10.1. The van der Waals surface area contributed by atoms with Crippen LogP contribution in [0.5, 0.6) is 0 Å². The summed E-state index contributed by atoms with van der Waals surface area (Å²) in [5, 5.41) is 0. The first-order valence-corrected chi connectivity index (χ1v) is 4.72. The minimum Gasteiger partial charge on any atom is -0.369 e. The molecule has 0 aromatic rings. The van der Waals surface area contributed by atoms with E-state index in [-0.39, 0.29) is 24.2 Å². The van der Waals surface area contributed by atoms with Crippen LogP contribution in [0.1, 0.15) is 26.2 Å². The number of rotatable bonds is 4. The average Bonchev–Trinajstić information content (AvgIpc) is 2.51. The Morgan fingerprint density at radius 1 is 1.46 bits per heavy atom. The molecule has 0 aliphatic carbocycles. The summed E-state index contributed by atoms with van der Waals surface area (Å²) in [5.74, 6) is -0.139. The molecule has 1 atom stereocenters. The third-order valence-corrected chi connectivity index (χ3v) is 2.56. The molecule has 1 saturated heterocycles. The Labute approximate surface area is 86.1 Å². The lowest BCUT2D eigenvalue weighted by Crippen LogP contribution is -2.27. The fraction of sp³-hybridized carbons (Fsp3) is 0.889. The van der Waals surface area contributed by atoms with Crippen molar-refractivity contribution in [3.8, 4) is 0 Å². The summed E-state index contributed by atoms with van der Waals surface area (Å²) in [7, 11) is 0. The Morgan fingerprint density at radius 2 is 2.00 bits per heavy atom. The van der Waals surface area contributed by atoms with Crippen LogP contribution in [0.15, 0.2) is 0 Å². The van der Waals surface area contributed by atoms with E-state index in [1.807, 2.05) is 6.92 Å². The number of carbonyl (C=O) groups excluding carboxylic acids is 1. The number of hydrogen-bond donors (Lipinski definition) is 1. The summed E-state index contributed by atoms with van der Waals surface area (Å²) in [6, 6.07) is 0. The van der Waals surface area contributed by atoms with Crippen molar-refractivity contribution in [2.24, 2.45) is 11.7 Å². The molecule has 1 aliphatic rings. The summed E-state index contributed by atoms with van der Waals surface area (Å²) in [4.78, 5) is 13.1. The second-order valence-corrected chi connectivity index (χ2v) is 3.64. The Bertz CT molecular complexity index is 158. The maximum absolute atomic E-state index is 10.7. The number of amides is 1. The highest BCUT2D eigenvalue weighted by Gasteiger charge is 2.14. The van der Waals surface area contributed by atoms with E-state index in [4.69, 9.17) is 5.73 Å². The van der Waals surface area contributed by atoms with Crippen LogP contribution in [0.4, 0.5) is 0 Å². The number of nitrogens with two attached hydrogens (primary N) is 1. The molecule has 2 N–H and O–H groups in total. The minimum atomic E-state index is -0.172. The molecule has 4 heteroatoms. The van der Waals surface area contributed by atoms with Gasteiger partial charge in [0.2, 0.25) is 5.91 Å². The Balaban J connectivity index is 0.00000144. The molecular formula is C9H19ClN2O. The molecular weight excluding hydrogens is 188 g/mol. The van der Waals surface area contributed by atoms with E-state index >= 15 is 0 Å². The SMILES string of the molecule is CC(CCN1CCCC1)C(N)=O.Cl. The van der Waals surface area contributed by atoms with Gasteiger partial charge in [-0.2, -0.15) is 0 Å². The van der Waals surface area contributed by atoms with Gasteiger partial charge in [-0.05, 0) is 38.9 Å². The van der Waals surface area contributed by atoms with E-state index in [2.05, 4.69) is 4.90 Å². The van der Waals surface area contributed by atoms with Gasteiger partial charge in [0.1, 0.15) is 0 Å². The highest BCUT2D eigenvalue weighted by Crippen LogP contribution is 2.10. The fourth-order valence-corrected chi connectivity index (χ4v) is 1.52. The summed E-state index contributed by atoms with van der Waals surface area (Å²) in [6.07, 6.45) is 3.53. The van der Waals surface area contributed by atoms with Crippen LogP contribution in [0.3, 0.4) is 0 Å². The second-order valence-electron chi connectivity index (χ2n) is 3.64. The van der Waals surface area contributed by atoms with Gasteiger partial charge in [0, 0.05) is 5.92 Å². The molecule has 1 amide bonds. The van der Waals surface area contributed by atoms with Crippen molar-refractivity contribution < 1.29 is 4.79 Å². The van der Waals surface area contributed by atoms with E-state index in [0.29, 0.717) is 0 Å². The van der Waals surface area contributed by atoms with Crippen molar-refractivity contribution in [2.75, 3.05) is 19.6 Å². The van der Waals surface area contributed by atoms with E-state index in [1.54, 1.807) is 0 Å². The molecule has 0 spiro atoms. The smallest absolute Gasteiger partial charge is 0.220 e. The first kappa shape index (κ1) is 12.7. The number of primary amides is 1. The summed E-state index contributed by atoms with van der Waals surface area (Å²) >= 11 is 0. The average molecular weight is 207 g/mol. The van der Waals surface area contributed by atoms with Crippen molar-refractivity contribution in [1.82, 2.24) is 4.90 Å². The molecule has 13 heavy (non-hydrogen) atoms. The molecule has 1 heterocycles. The normalized spacial score (nSPS) is 19.5. The van der Waals surface area contributed by atoms with Crippen LogP contribution in [0.25, 0.3) is 0 Å². The quantitative estimate of drug-likeness (QED) is 0.747. The van der Waals surface area contributed by atoms with Crippen molar-refractivity contribution in [3.05, 3.63) is 0 Å². The van der Waals surface area contributed by atoms with Gasteiger partial charge >= 0.3 is 0 Å². The molecule has 3 nitrogen and oxygen atoms in total. The number of nitrogens with zero attached hydrogens (tertiary/aromatic N) is 1. The molecule has 0 radical (unpaired) electrons. The Morgan fingerprint density at radius 3 is 2.46 bits per heavy atom. The van der Waals surface area contributed by atoms with Crippen molar-refractivity contribution in [2.45, 2.75) is 26.2 Å². The van der Waals surface area contributed by atoms with Gasteiger partial charge in [-0.15, -0.1) is 12.4 Å². The highest BCUT2D eigenvalue weighted by molar-refractivity contribution is 5.85. The van der Waals surface area contributed by atoms with Gasteiger partial charge in [0.25, 0.3) is 0 Å². The van der Waals surface area contributed by atoms with E-state index in [9.17, 15) is 4.79 Å². The molecule has 78 valence electrons. The van der Waals surface area contributed by atoms with Crippen LogP contribution < -0.4 is 5.73 Å². The third kappa shape index (κ3) is 4.48. The zero-order valence-corrected chi connectivity index (χ0v) is 8.98. The molecule has 0 aromatic carbocycles. The highest BCUT2D eigenvalue weighted by atomic mass is 35.5. The van der Waals surface area contributed by atoms with Crippen molar-refractivity contribution in [1.29, 1.82) is 0 Å². The van der Waals surface area contributed by atoms with E-state index in [1.165, 1.54) is 25.9 Å². The monoisotopic (exact) mass is 206 g/mol. The van der Waals surface area contributed by atoms with Gasteiger partial charge in [-0.3, -0.25) is 4.79 Å². The summed E-state index contributed by atoms with van der Waals surface area (Å²) in [5.41, 5.74) is 5.16. The van der Waals surface area contributed by atoms with Crippen LogP contribution in [0, 0.1) is 5.92 Å². The van der Waals surface area contributed by atoms with Gasteiger partial charge in [-0.25, -0.2) is 0 Å². The first-order chi connectivity index (χ1) is 5.70. The first-order valence-electron chi connectivity index (χ1n) is 4.72. The molecule has 1 aliphatic heterocycles. The van der Waals surface area contributed by atoms with Crippen molar-refractivity contribution in [3.63, 3.8) is 0 Å². The number of hydrogen-bond acceptors (Lipinski definition) is 2. The predicted molar refractivity (Wildman–Crippen MR) is 55.9 cm³/mol. The molecule has 1 fully saturated rings. The Hall–Kier alpha value is -0.280. The summed E-state index contributed by atoms with van der Waals surface area (Å²) < 4.78 is 0. The topological polar surface area (TPSA) is 46.3 Å². The van der Waals surface area contributed by atoms with E-state index in [0.717, 1.165) is 13.0 Å². The minimum absolute atomic E-state index is 0. The Kier molecular flexibility index (Phi) is 6.08. The third-order valence-electron chi connectivity index (χ3n) is 2.56. The predicted octanol–water partition coefficient (Wildman–Crippen LogP) is 1.02. The maximum Gasteiger partial charge on any atom is 0.220 e. The van der Waals surface area contributed by atoms with Crippen LogP contribution in [-0.2, 0) is 4.79 Å². The molecule has 0 bridgehead atoms. The van der Waals surface area contributed by atoms with Crippen molar-refractivity contribution >= 4 is 18.3 Å². The molecule has 0 saturated carbocycles. The fourth-order valence-electron chi connectivity index (χ4n) is 1.52. The lowest BCUT2D eigenvalue weighted by Gasteiger charge is -2.15. The molecule has 1 unspecified atom stereocenters. The standard InChI is InChI=1S/C9H18N2O.ClH/c1-8(9(10)12)4-7-11-5-2-3-6-11;/h8H,2-7H2,1H3,(H2,10,12);1H. The maximum atomic E-state index is 10.7. The van der Waals surface area contributed by atoms with Gasteiger partial charge < -0.3 is 10.6 Å². The van der Waals surface area contributed by atoms with Crippen LogP contribution >= 0.6 is 12.4 Å². The second kappa shape index (κ2) is 6.22. The largest absolute Gasteiger partial charge is 0.369 e. The molecule has 1 rings (SSSR count). The summed E-state index contributed by atoms with van der Waals surface area (Å²) in [6.45, 7) is 5.33. The van der Waals surface area contributed by atoms with Crippen LogP contribution in [0.2, 0.25) is 0 Å². The zero-order valence-electron chi connectivity index (χ0n) is 8.16. The van der Waals surface area contributed by atoms with E-state index < -0.39 is 0 Å².